The molecular weight excluding hydrogens is 368 g/mol. The van der Waals surface area contributed by atoms with Crippen molar-refractivity contribution in [1.29, 1.82) is 0 Å². The second-order valence-corrected chi connectivity index (χ2v) is 7.74. The molecule has 28 heavy (non-hydrogen) atoms. The molecule has 1 saturated heterocycles. The Labute approximate surface area is 172 Å². The Morgan fingerprint density at radius 3 is 2.14 bits per heavy atom. The summed E-state index contributed by atoms with van der Waals surface area (Å²) >= 11 is 5.99. The molecule has 1 aliphatic heterocycles. The van der Waals surface area contributed by atoms with Gasteiger partial charge in [-0.2, -0.15) is 0 Å². The normalized spacial score (nSPS) is 14.8. The number of anilines is 1. The van der Waals surface area contributed by atoms with Crippen molar-refractivity contribution in [3.63, 3.8) is 0 Å². The number of piperazine rings is 1. The number of halogens is 1. The number of hydrogen-bond acceptors (Lipinski definition) is 2. The van der Waals surface area contributed by atoms with Gasteiger partial charge in [0.05, 0.1) is 26.2 Å². The highest BCUT2D eigenvalue weighted by Gasteiger charge is 2.20. The van der Waals surface area contributed by atoms with E-state index in [1.807, 2.05) is 30.3 Å². The summed E-state index contributed by atoms with van der Waals surface area (Å²) in [6.45, 7) is 6.12. The van der Waals surface area contributed by atoms with Crippen molar-refractivity contribution in [2.75, 3.05) is 31.1 Å². The van der Waals surface area contributed by atoms with E-state index in [-0.39, 0.29) is 0 Å². The minimum atomic E-state index is 0.609. The van der Waals surface area contributed by atoms with Gasteiger partial charge in [0, 0.05) is 16.3 Å². The Kier molecular flexibility index (Phi) is 6.15. The number of benzene rings is 3. The number of hydrogen-bond donors (Lipinski definition) is 1. The van der Waals surface area contributed by atoms with Gasteiger partial charge in [0.2, 0.25) is 0 Å². The summed E-state index contributed by atoms with van der Waals surface area (Å²) in [5.41, 5.74) is 3.82. The zero-order chi connectivity index (χ0) is 19.2. The van der Waals surface area contributed by atoms with Crippen molar-refractivity contribution in [2.45, 2.75) is 13.2 Å². The van der Waals surface area contributed by atoms with Gasteiger partial charge < -0.3 is 14.5 Å². The van der Waals surface area contributed by atoms with Crippen molar-refractivity contribution < 1.29 is 9.64 Å². The average molecular weight is 394 g/mol. The molecule has 0 unspecified atom stereocenters. The van der Waals surface area contributed by atoms with E-state index in [9.17, 15) is 0 Å². The molecule has 0 aromatic heterocycles. The quantitative estimate of drug-likeness (QED) is 0.685. The molecule has 1 N–H and O–H groups in total. The van der Waals surface area contributed by atoms with Crippen LogP contribution in [0.5, 0.6) is 5.75 Å². The first-order valence-electron chi connectivity index (χ1n) is 9.86. The molecule has 144 valence electrons. The summed E-state index contributed by atoms with van der Waals surface area (Å²) in [6.07, 6.45) is 0. The first-order valence-corrected chi connectivity index (χ1v) is 10.2. The Bertz CT molecular complexity index is 857. The molecule has 0 spiro atoms. The lowest BCUT2D eigenvalue weighted by atomic mass is 10.2. The van der Waals surface area contributed by atoms with Crippen molar-refractivity contribution in [1.82, 2.24) is 0 Å². The van der Waals surface area contributed by atoms with Gasteiger partial charge in [-0.1, -0.05) is 41.9 Å². The molecule has 3 aromatic carbocycles. The summed E-state index contributed by atoms with van der Waals surface area (Å²) < 4.78 is 5.89. The fourth-order valence-electron chi connectivity index (χ4n) is 3.64. The third kappa shape index (κ3) is 5.06. The number of rotatable bonds is 6. The van der Waals surface area contributed by atoms with E-state index in [2.05, 4.69) is 53.4 Å². The molecule has 0 radical (unpaired) electrons. The lowest BCUT2D eigenvalue weighted by Crippen LogP contribution is -3.13. The van der Waals surface area contributed by atoms with Crippen LogP contribution in [0, 0.1) is 0 Å². The predicted octanol–water partition coefficient (Wildman–Crippen LogP) is 3.82. The first kappa shape index (κ1) is 18.9. The Hall–Kier alpha value is -2.49. The standard InChI is InChI=1S/C24H25ClN2O/c25-22-8-10-23(11-9-22)27-16-14-26(15-17-27)18-20-6-12-24(13-7-20)28-19-21-4-2-1-3-5-21/h1-13H,14-19H2/p+1. The summed E-state index contributed by atoms with van der Waals surface area (Å²) in [7, 11) is 0. The molecule has 1 aliphatic rings. The highest BCUT2D eigenvalue weighted by atomic mass is 35.5. The van der Waals surface area contributed by atoms with Crippen LogP contribution < -0.4 is 14.5 Å². The summed E-state index contributed by atoms with van der Waals surface area (Å²) in [4.78, 5) is 4.07. The van der Waals surface area contributed by atoms with Gasteiger partial charge in [0.15, 0.2) is 0 Å². The monoisotopic (exact) mass is 393 g/mol. The second kappa shape index (κ2) is 9.13. The van der Waals surface area contributed by atoms with E-state index >= 15 is 0 Å². The van der Waals surface area contributed by atoms with Gasteiger partial charge in [-0.25, -0.2) is 0 Å². The molecule has 0 bridgehead atoms. The van der Waals surface area contributed by atoms with Gasteiger partial charge >= 0.3 is 0 Å². The van der Waals surface area contributed by atoms with E-state index in [4.69, 9.17) is 16.3 Å². The molecule has 0 aliphatic carbocycles. The maximum absolute atomic E-state index is 5.99. The fourth-order valence-corrected chi connectivity index (χ4v) is 3.77. The van der Waals surface area contributed by atoms with Gasteiger partial charge in [-0.3, -0.25) is 0 Å². The molecule has 0 atom stereocenters. The van der Waals surface area contributed by atoms with Crippen LogP contribution in [0.1, 0.15) is 11.1 Å². The maximum Gasteiger partial charge on any atom is 0.119 e. The van der Waals surface area contributed by atoms with Crippen LogP contribution in [0.4, 0.5) is 5.69 Å². The fraction of sp³-hybridized carbons (Fsp3) is 0.250. The third-order valence-electron chi connectivity index (χ3n) is 5.29. The van der Waals surface area contributed by atoms with Crippen LogP contribution in [-0.2, 0) is 13.2 Å². The second-order valence-electron chi connectivity index (χ2n) is 7.31. The smallest absolute Gasteiger partial charge is 0.119 e. The maximum atomic E-state index is 5.99. The SMILES string of the molecule is Clc1ccc(N2CC[NH+](Cc3ccc(OCc4ccccc4)cc3)CC2)cc1. The Morgan fingerprint density at radius 2 is 1.46 bits per heavy atom. The summed E-state index contributed by atoms with van der Waals surface area (Å²) in [5, 5.41) is 0.796. The molecule has 0 amide bonds. The van der Waals surface area contributed by atoms with E-state index in [1.165, 1.54) is 16.8 Å². The topological polar surface area (TPSA) is 16.9 Å². The molecule has 4 rings (SSSR count). The highest BCUT2D eigenvalue weighted by molar-refractivity contribution is 6.30. The van der Waals surface area contributed by atoms with Crippen molar-refractivity contribution >= 4 is 17.3 Å². The van der Waals surface area contributed by atoms with E-state index in [1.54, 1.807) is 4.90 Å². The molecule has 0 saturated carbocycles. The minimum Gasteiger partial charge on any atom is -0.489 e. The molecule has 3 nitrogen and oxygen atoms in total. The lowest BCUT2D eigenvalue weighted by Gasteiger charge is -2.33. The third-order valence-corrected chi connectivity index (χ3v) is 5.54. The van der Waals surface area contributed by atoms with Crippen LogP contribution in [0.3, 0.4) is 0 Å². The van der Waals surface area contributed by atoms with Crippen LogP contribution in [-0.4, -0.2) is 26.2 Å². The van der Waals surface area contributed by atoms with Crippen LogP contribution in [0.2, 0.25) is 5.02 Å². The zero-order valence-electron chi connectivity index (χ0n) is 16.0. The Morgan fingerprint density at radius 1 is 0.786 bits per heavy atom. The van der Waals surface area contributed by atoms with Crippen LogP contribution >= 0.6 is 11.6 Å². The van der Waals surface area contributed by atoms with E-state index in [0.717, 1.165) is 43.5 Å². The summed E-state index contributed by atoms with van der Waals surface area (Å²) in [5.74, 6) is 0.926. The van der Waals surface area contributed by atoms with Crippen LogP contribution in [0.25, 0.3) is 0 Å². The Balaban J connectivity index is 1.25. The van der Waals surface area contributed by atoms with Crippen molar-refractivity contribution in [3.8, 4) is 5.75 Å². The van der Waals surface area contributed by atoms with E-state index in [0.29, 0.717) is 6.61 Å². The predicted molar refractivity (Wildman–Crippen MR) is 115 cm³/mol. The number of ether oxygens (including phenoxy) is 1. The van der Waals surface area contributed by atoms with E-state index < -0.39 is 0 Å². The minimum absolute atomic E-state index is 0.609. The van der Waals surface area contributed by atoms with Gasteiger partial charge in [0.25, 0.3) is 0 Å². The lowest BCUT2D eigenvalue weighted by molar-refractivity contribution is -0.914. The number of quaternary nitrogens is 1. The highest BCUT2D eigenvalue weighted by Crippen LogP contribution is 2.18. The van der Waals surface area contributed by atoms with Crippen molar-refractivity contribution in [3.05, 3.63) is 95.0 Å². The van der Waals surface area contributed by atoms with Gasteiger partial charge in [-0.15, -0.1) is 0 Å². The average Bonchev–Trinajstić information content (AvgIpc) is 2.75. The van der Waals surface area contributed by atoms with Gasteiger partial charge in [-0.05, 0) is 54.1 Å². The number of nitrogens with zero attached hydrogens (tertiary/aromatic N) is 1. The molecule has 1 heterocycles. The molecular formula is C24H26ClN2O+. The molecule has 1 fully saturated rings. The first-order chi connectivity index (χ1) is 13.8. The van der Waals surface area contributed by atoms with Crippen molar-refractivity contribution in [2.24, 2.45) is 0 Å². The number of nitrogens with one attached hydrogen (secondary N) is 1. The largest absolute Gasteiger partial charge is 0.489 e. The summed E-state index contributed by atoms with van der Waals surface area (Å²) in [6, 6.07) is 27.0. The van der Waals surface area contributed by atoms with Gasteiger partial charge in [0.1, 0.15) is 18.9 Å². The zero-order valence-corrected chi connectivity index (χ0v) is 16.7. The molecule has 3 aromatic rings. The molecule has 4 heteroatoms. The van der Waals surface area contributed by atoms with Crippen LogP contribution in [0.15, 0.2) is 78.9 Å².